The summed E-state index contributed by atoms with van der Waals surface area (Å²) in [5, 5.41) is 3.91. The second kappa shape index (κ2) is 5.93. The van der Waals surface area contributed by atoms with E-state index in [1.54, 1.807) is 18.2 Å². The first-order valence-corrected chi connectivity index (χ1v) is 7.50. The fraction of sp³-hybridized carbons (Fsp3) is 0.500. The molecule has 0 bridgehead atoms. The molecule has 21 heavy (non-hydrogen) atoms. The predicted molar refractivity (Wildman–Crippen MR) is 78.0 cm³/mol. The molecule has 112 valence electrons. The van der Waals surface area contributed by atoms with Crippen molar-refractivity contribution in [1.29, 1.82) is 0 Å². The minimum atomic E-state index is -0.337. The van der Waals surface area contributed by atoms with Gasteiger partial charge >= 0.3 is 0 Å². The monoisotopic (exact) mass is 289 g/mol. The average molecular weight is 289 g/mol. The van der Waals surface area contributed by atoms with Crippen molar-refractivity contribution in [1.82, 2.24) is 10.1 Å². The number of nitrogens with zero attached hydrogens (tertiary/aromatic N) is 2. The van der Waals surface area contributed by atoms with Crippen LogP contribution in [0.1, 0.15) is 38.0 Å². The molecule has 1 aliphatic rings. The molecule has 0 atom stereocenters. The van der Waals surface area contributed by atoms with Gasteiger partial charge in [-0.15, -0.1) is 0 Å². The predicted octanol–water partition coefficient (Wildman–Crippen LogP) is 3.33. The molecule has 2 aromatic rings. The van der Waals surface area contributed by atoms with Gasteiger partial charge in [-0.05, 0) is 36.9 Å². The Morgan fingerprint density at radius 3 is 2.67 bits per heavy atom. The first-order valence-electron chi connectivity index (χ1n) is 7.50. The molecular weight excluding hydrogens is 269 g/mol. The van der Waals surface area contributed by atoms with E-state index < -0.39 is 0 Å². The highest BCUT2D eigenvalue weighted by atomic mass is 19.1. The molecule has 1 heterocycles. The number of halogens is 1. The Kier molecular flexibility index (Phi) is 4.01. The highest BCUT2D eigenvalue weighted by Gasteiger charge is 2.33. The lowest BCUT2D eigenvalue weighted by Gasteiger charge is -2.34. The summed E-state index contributed by atoms with van der Waals surface area (Å²) in [5.74, 6) is 0.530. The highest BCUT2D eigenvalue weighted by Crippen LogP contribution is 2.38. The Hall–Kier alpha value is -1.75. The molecule has 1 aromatic heterocycles. The van der Waals surface area contributed by atoms with Crippen LogP contribution in [0.4, 0.5) is 4.39 Å². The van der Waals surface area contributed by atoms with Crippen molar-refractivity contribution in [2.75, 3.05) is 6.54 Å². The fourth-order valence-electron chi connectivity index (χ4n) is 3.15. The van der Waals surface area contributed by atoms with Crippen LogP contribution in [0.5, 0.6) is 0 Å². The molecular formula is C16H20FN3O. The van der Waals surface area contributed by atoms with Gasteiger partial charge in [-0.2, -0.15) is 4.98 Å². The second-order valence-electron chi connectivity index (χ2n) is 5.93. The zero-order chi connectivity index (χ0) is 14.7. The van der Waals surface area contributed by atoms with Crippen LogP contribution in [0.3, 0.4) is 0 Å². The van der Waals surface area contributed by atoms with E-state index in [1.807, 2.05) is 0 Å². The van der Waals surface area contributed by atoms with Crippen molar-refractivity contribution < 1.29 is 8.91 Å². The fourth-order valence-corrected chi connectivity index (χ4v) is 3.15. The van der Waals surface area contributed by atoms with Gasteiger partial charge in [0.2, 0.25) is 11.7 Å². The van der Waals surface area contributed by atoms with Crippen molar-refractivity contribution >= 4 is 0 Å². The molecule has 2 N–H and O–H groups in total. The molecule has 3 rings (SSSR count). The highest BCUT2D eigenvalue weighted by molar-refractivity contribution is 5.54. The van der Waals surface area contributed by atoms with Crippen LogP contribution in [-0.2, 0) is 6.42 Å². The van der Waals surface area contributed by atoms with Gasteiger partial charge in [-0.1, -0.05) is 36.6 Å². The lowest BCUT2D eigenvalue weighted by molar-refractivity contribution is 0.177. The third-order valence-electron chi connectivity index (χ3n) is 4.46. The van der Waals surface area contributed by atoms with Gasteiger partial charge in [-0.3, -0.25) is 0 Å². The van der Waals surface area contributed by atoms with E-state index in [0.717, 1.165) is 12.8 Å². The number of hydrogen-bond donors (Lipinski definition) is 1. The summed E-state index contributed by atoms with van der Waals surface area (Å²) in [7, 11) is 0. The average Bonchev–Trinajstić information content (AvgIpc) is 2.97. The summed E-state index contributed by atoms with van der Waals surface area (Å²) in [6, 6.07) is 6.46. The van der Waals surface area contributed by atoms with Crippen molar-refractivity contribution in [3.05, 3.63) is 36.0 Å². The van der Waals surface area contributed by atoms with Crippen molar-refractivity contribution in [3.8, 4) is 11.4 Å². The number of rotatable bonds is 4. The van der Waals surface area contributed by atoms with Crippen LogP contribution in [0, 0.1) is 11.2 Å². The second-order valence-corrected chi connectivity index (χ2v) is 5.93. The van der Waals surface area contributed by atoms with Gasteiger partial charge in [0.15, 0.2) is 0 Å². The van der Waals surface area contributed by atoms with Gasteiger partial charge in [0, 0.05) is 6.42 Å². The molecule has 1 aliphatic carbocycles. The minimum Gasteiger partial charge on any atom is -0.339 e. The summed E-state index contributed by atoms with van der Waals surface area (Å²) in [6.07, 6.45) is 6.55. The van der Waals surface area contributed by atoms with Gasteiger partial charge in [-0.25, -0.2) is 4.39 Å². The van der Waals surface area contributed by atoms with E-state index >= 15 is 0 Å². The van der Waals surface area contributed by atoms with Crippen molar-refractivity contribution in [2.24, 2.45) is 11.1 Å². The van der Waals surface area contributed by atoms with Crippen LogP contribution in [0.25, 0.3) is 11.4 Å². The topological polar surface area (TPSA) is 64.9 Å². The quantitative estimate of drug-likeness (QED) is 0.937. The maximum Gasteiger partial charge on any atom is 0.227 e. The number of benzene rings is 1. The molecule has 1 fully saturated rings. The maximum absolute atomic E-state index is 13.7. The van der Waals surface area contributed by atoms with E-state index in [2.05, 4.69) is 10.1 Å². The molecule has 0 unspecified atom stereocenters. The molecule has 0 amide bonds. The first kappa shape index (κ1) is 14.2. The van der Waals surface area contributed by atoms with Gasteiger partial charge in [0.05, 0.1) is 5.56 Å². The minimum absolute atomic E-state index is 0.0668. The molecule has 1 aromatic carbocycles. The van der Waals surface area contributed by atoms with Gasteiger partial charge in [0.25, 0.3) is 0 Å². The zero-order valence-electron chi connectivity index (χ0n) is 12.0. The Labute approximate surface area is 123 Å². The number of hydrogen-bond acceptors (Lipinski definition) is 4. The molecule has 0 spiro atoms. The van der Waals surface area contributed by atoms with E-state index in [9.17, 15) is 4.39 Å². The number of aromatic nitrogens is 2. The molecule has 0 radical (unpaired) electrons. The molecule has 4 nitrogen and oxygen atoms in total. The van der Waals surface area contributed by atoms with Crippen LogP contribution in [0.2, 0.25) is 0 Å². The smallest absolute Gasteiger partial charge is 0.227 e. The summed E-state index contributed by atoms with van der Waals surface area (Å²) in [4.78, 5) is 4.36. The van der Waals surface area contributed by atoms with E-state index in [4.69, 9.17) is 10.3 Å². The van der Waals surface area contributed by atoms with Crippen LogP contribution in [0.15, 0.2) is 28.8 Å². The summed E-state index contributed by atoms with van der Waals surface area (Å²) < 4.78 is 19.1. The van der Waals surface area contributed by atoms with Gasteiger partial charge in [0.1, 0.15) is 5.82 Å². The molecule has 5 heteroatoms. The van der Waals surface area contributed by atoms with Gasteiger partial charge < -0.3 is 10.3 Å². The maximum atomic E-state index is 13.7. The summed E-state index contributed by atoms with van der Waals surface area (Å²) >= 11 is 0. The Morgan fingerprint density at radius 2 is 1.95 bits per heavy atom. The Morgan fingerprint density at radius 1 is 1.19 bits per heavy atom. The van der Waals surface area contributed by atoms with Crippen molar-refractivity contribution in [2.45, 2.75) is 38.5 Å². The molecule has 0 aliphatic heterocycles. The lowest BCUT2D eigenvalue weighted by Crippen LogP contribution is -2.35. The first-order chi connectivity index (χ1) is 10.2. The van der Waals surface area contributed by atoms with Crippen LogP contribution >= 0.6 is 0 Å². The van der Waals surface area contributed by atoms with Crippen LogP contribution in [-0.4, -0.2) is 16.7 Å². The molecule has 1 saturated carbocycles. The third kappa shape index (κ3) is 2.97. The lowest BCUT2D eigenvalue weighted by atomic mass is 9.72. The largest absolute Gasteiger partial charge is 0.339 e. The van der Waals surface area contributed by atoms with E-state index in [0.29, 0.717) is 30.2 Å². The van der Waals surface area contributed by atoms with Crippen LogP contribution < -0.4 is 5.73 Å². The zero-order valence-corrected chi connectivity index (χ0v) is 12.0. The summed E-state index contributed by atoms with van der Waals surface area (Å²) in [6.45, 7) is 0.629. The van der Waals surface area contributed by atoms with E-state index in [-0.39, 0.29) is 11.2 Å². The molecule has 0 saturated heterocycles. The Balaban J connectivity index is 1.80. The third-order valence-corrected chi connectivity index (χ3v) is 4.46. The number of nitrogens with two attached hydrogens (primary N) is 1. The van der Waals surface area contributed by atoms with Crippen molar-refractivity contribution in [3.63, 3.8) is 0 Å². The standard InChI is InChI=1S/C16H20FN3O/c17-13-7-3-2-6-12(13)15-19-14(21-20-15)10-16(11-18)8-4-1-5-9-16/h2-3,6-7H,1,4-5,8-11,18H2. The Bertz CT molecular complexity index is 605. The normalized spacial score (nSPS) is 17.8. The summed E-state index contributed by atoms with van der Waals surface area (Å²) in [5.41, 5.74) is 6.42. The van der Waals surface area contributed by atoms with E-state index in [1.165, 1.54) is 25.3 Å². The SMILES string of the molecule is NCC1(Cc2nc(-c3ccccc3F)no2)CCCCC1.